The molecule has 3 N–H and O–H groups in total. The van der Waals surface area contributed by atoms with Gasteiger partial charge in [0.15, 0.2) is 0 Å². The molecular formula is C12H17BrFN3O. The standard InChI is InChI=1S/C12H17BrFN3O/c1-7(12(18)16-2)6-17(3)11-5-9(14)8(13)4-10(11)15/h4-5,7H,6,15H2,1-3H3,(H,16,18). The number of anilines is 2. The van der Waals surface area contributed by atoms with Gasteiger partial charge in [-0.3, -0.25) is 4.79 Å². The number of amides is 1. The molecule has 0 aromatic heterocycles. The third-order valence-electron chi connectivity index (χ3n) is 2.72. The second-order valence-electron chi connectivity index (χ2n) is 4.22. The van der Waals surface area contributed by atoms with Gasteiger partial charge >= 0.3 is 0 Å². The van der Waals surface area contributed by atoms with Crippen molar-refractivity contribution in [3.8, 4) is 0 Å². The third-order valence-corrected chi connectivity index (χ3v) is 3.33. The van der Waals surface area contributed by atoms with Crippen molar-refractivity contribution in [3.63, 3.8) is 0 Å². The van der Waals surface area contributed by atoms with Gasteiger partial charge in [-0.05, 0) is 22.0 Å². The van der Waals surface area contributed by atoms with Crippen molar-refractivity contribution in [2.45, 2.75) is 6.92 Å². The number of hydrogen-bond donors (Lipinski definition) is 2. The van der Waals surface area contributed by atoms with Crippen molar-refractivity contribution in [1.82, 2.24) is 5.32 Å². The SMILES string of the molecule is CNC(=O)C(C)CN(C)c1cc(F)c(Br)cc1N. The quantitative estimate of drug-likeness (QED) is 0.835. The van der Waals surface area contributed by atoms with Crippen molar-refractivity contribution in [1.29, 1.82) is 0 Å². The Balaban J connectivity index is 2.87. The second-order valence-corrected chi connectivity index (χ2v) is 5.08. The highest BCUT2D eigenvalue weighted by Gasteiger charge is 2.16. The molecule has 1 aromatic rings. The van der Waals surface area contributed by atoms with Gasteiger partial charge in [0.1, 0.15) is 5.82 Å². The average Bonchev–Trinajstić information content (AvgIpc) is 2.32. The lowest BCUT2D eigenvalue weighted by Crippen LogP contribution is -2.34. The van der Waals surface area contributed by atoms with Crippen LogP contribution in [0.3, 0.4) is 0 Å². The number of nitrogens with two attached hydrogens (primary N) is 1. The summed E-state index contributed by atoms with van der Waals surface area (Å²) in [5, 5.41) is 2.58. The van der Waals surface area contributed by atoms with Gasteiger partial charge in [0.05, 0.1) is 21.8 Å². The molecule has 1 aromatic carbocycles. The maximum atomic E-state index is 13.5. The summed E-state index contributed by atoms with van der Waals surface area (Å²) in [5.74, 6) is -0.636. The fraction of sp³-hybridized carbons (Fsp3) is 0.417. The Hall–Kier alpha value is -1.30. The van der Waals surface area contributed by atoms with E-state index in [1.165, 1.54) is 12.1 Å². The largest absolute Gasteiger partial charge is 0.397 e. The van der Waals surface area contributed by atoms with Crippen LogP contribution in [-0.4, -0.2) is 26.5 Å². The molecule has 0 radical (unpaired) electrons. The first-order chi connectivity index (χ1) is 8.36. The summed E-state index contributed by atoms with van der Waals surface area (Å²) in [6.45, 7) is 2.27. The summed E-state index contributed by atoms with van der Waals surface area (Å²) in [5.41, 5.74) is 6.88. The van der Waals surface area contributed by atoms with Crippen molar-refractivity contribution in [2.24, 2.45) is 5.92 Å². The van der Waals surface area contributed by atoms with Crippen LogP contribution in [0.4, 0.5) is 15.8 Å². The molecule has 0 spiro atoms. The molecule has 0 aliphatic rings. The molecule has 0 aliphatic heterocycles. The Labute approximate surface area is 114 Å². The smallest absolute Gasteiger partial charge is 0.224 e. The third kappa shape index (κ3) is 3.35. The highest BCUT2D eigenvalue weighted by Crippen LogP contribution is 2.29. The zero-order chi connectivity index (χ0) is 13.9. The van der Waals surface area contributed by atoms with E-state index in [1.54, 1.807) is 25.9 Å². The van der Waals surface area contributed by atoms with Crippen LogP contribution in [0.5, 0.6) is 0 Å². The van der Waals surface area contributed by atoms with Gasteiger partial charge in [0.25, 0.3) is 0 Å². The first-order valence-corrected chi connectivity index (χ1v) is 6.33. The number of nitrogens with zero attached hydrogens (tertiary/aromatic N) is 1. The number of halogens is 2. The minimum atomic E-state index is -0.376. The van der Waals surface area contributed by atoms with Crippen molar-refractivity contribution in [3.05, 3.63) is 22.4 Å². The van der Waals surface area contributed by atoms with E-state index in [0.717, 1.165) is 0 Å². The second kappa shape index (κ2) is 6.04. The first kappa shape index (κ1) is 14.8. The van der Waals surface area contributed by atoms with E-state index < -0.39 is 0 Å². The van der Waals surface area contributed by atoms with E-state index in [0.29, 0.717) is 22.4 Å². The number of benzene rings is 1. The van der Waals surface area contributed by atoms with Crippen LogP contribution in [0.15, 0.2) is 16.6 Å². The van der Waals surface area contributed by atoms with Gasteiger partial charge in [-0.25, -0.2) is 4.39 Å². The topological polar surface area (TPSA) is 58.4 Å². The predicted molar refractivity (Wildman–Crippen MR) is 75.0 cm³/mol. The number of carbonyl (C=O) groups excluding carboxylic acids is 1. The maximum Gasteiger partial charge on any atom is 0.224 e. The van der Waals surface area contributed by atoms with Crippen LogP contribution in [-0.2, 0) is 4.79 Å². The molecule has 0 bridgehead atoms. The normalized spacial score (nSPS) is 12.1. The van der Waals surface area contributed by atoms with Gasteiger partial charge in [0.2, 0.25) is 5.91 Å². The fourth-order valence-corrected chi connectivity index (χ4v) is 2.08. The number of nitrogens with one attached hydrogen (secondary N) is 1. The zero-order valence-electron chi connectivity index (χ0n) is 10.6. The Kier molecular flexibility index (Phi) is 4.95. The van der Waals surface area contributed by atoms with E-state index in [-0.39, 0.29) is 17.6 Å². The molecule has 6 heteroatoms. The monoisotopic (exact) mass is 317 g/mol. The summed E-state index contributed by atoms with van der Waals surface area (Å²) in [6.07, 6.45) is 0. The Bertz CT molecular complexity index is 453. The lowest BCUT2D eigenvalue weighted by atomic mass is 10.1. The first-order valence-electron chi connectivity index (χ1n) is 5.54. The predicted octanol–water partition coefficient (Wildman–Crippen LogP) is 1.99. The molecule has 0 fully saturated rings. The molecule has 1 rings (SSSR count). The van der Waals surface area contributed by atoms with E-state index in [9.17, 15) is 9.18 Å². The Morgan fingerprint density at radius 2 is 2.22 bits per heavy atom. The fourth-order valence-electron chi connectivity index (χ4n) is 1.72. The summed E-state index contributed by atoms with van der Waals surface area (Å²) in [7, 11) is 3.37. The average molecular weight is 318 g/mol. The van der Waals surface area contributed by atoms with Crippen LogP contribution in [0, 0.1) is 11.7 Å². The highest BCUT2D eigenvalue weighted by molar-refractivity contribution is 9.10. The number of nitrogen functional groups attached to an aromatic ring is 1. The molecule has 1 amide bonds. The maximum absolute atomic E-state index is 13.5. The molecule has 100 valence electrons. The summed E-state index contributed by atoms with van der Waals surface area (Å²) in [6, 6.07) is 2.88. The summed E-state index contributed by atoms with van der Waals surface area (Å²) >= 11 is 3.08. The molecule has 18 heavy (non-hydrogen) atoms. The van der Waals surface area contributed by atoms with Gasteiger partial charge < -0.3 is 16.0 Å². The molecule has 1 atom stereocenters. The van der Waals surface area contributed by atoms with Crippen molar-refractivity contribution in [2.75, 3.05) is 31.3 Å². The molecule has 0 aliphatic carbocycles. The van der Waals surface area contributed by atoms with Gasteiger partial charge in [-0.1, -0.05) is 6.92 Å². The van der Waals surface area contributed by atoms with Crippen molar-refractivity contribution >= 4 is 33.2 Å². The van der Waals surface area contributed by atoms with Crippen LogP contribution in [0.2, 0.25) is 0 Å². The molecule has 1 unspecified atom stereocenters. The molecule has 0 heterocycles. The van der Waals surface area contributed by atoms with E-state index in [2.05, 4.69) is 21.2 Å². The highest BCUT2D eigenvalue weighted by atomic mass is 79.9. The van der Waals surface area contributed by atoms with Crippen LogP contribution >= 0.6 is 15.9 Å². The van der Waals surface area contributed by atoms with E-state index in [4.69, 9.17) is 5.73 Å². The zero-order valence-corrected chi connectivity index (χ0v) is 12.2. The number of rotatable bonds is 4. The molecule has 0 saturated carbocycles. The van der Waals surface area contributed by atoms with Gasteiger partial charge in [-0.15, -0.1) is 0 Å². The van der Waals surface area contributed by atoms with E-state index >= 15 is 0 Å². The Morgan fingerprint density at radius 1 is 1.61 bits per heavy atom. The van der Waals surface area contributed by atoms with Crippen molar-refractivity contribution < 1.29 is 9.18 Å². The summed E-state index contributed by atoms with van der Waals surface area (Å²) in [4.78, 5) is 13.2. The minimum absolute atomic E-state index is 0.0574. The Morgan fingerprint density at radius 3 is 2.78 bits per heavy atom. The molecular weight excluding hydrogens is 301 g/mol. The van der Waals surface area contributed by atoms with Crippen LogP contribution < -0.4 is 16.0 Å². The summed E-state index contributed by atoms with van der Waals surface area (Å²) < 4.78 is 13.8. The lowest BCUT2D eigenvalue weighted by molar-refractivity contribution is -0.123. The van der Waals surface area contributed by atoms with Crippen LogP contribution in [0.1, 0.15) is 6.92 Å². The molecule has 0 saturated heterocycles. The number of hydrogen-bond acceptors (Lipinski definition) is 3. The molecule has 4 nitrogen and oxygen atoms in total. The van der Waals surface area contributed by atoms with Gasteiger partial charge in [-0.2, -0.15) is 0 Å². The number of carbonyl (C=O) groups is 1. The van der Waals surface area contributed by atoms with Crippen LogP contribution in [0.25, 0.3) is 0 Å². The minimum Gasteiger partial charge on any atom is -0.397 e. The van der Waals surface area contributed by atoms with E-state index in [1.807, 2.05) is 0 Å². The lowest BCUT2D eigenvalue weighted by Gasteiger charge is -2.24. The van der Waals surface area contributed by atoms with Gasteiger partial charge in [0, 0.05) is 26.7 Å².